The Hall–Kier alpha value is -1.81. The lowest BCUT2D eigenvalue weighted by Gasteiger charge is -2.27. The SMILES string of the molecule is CCCN(CCCCC(=O)O)C(C)c1cc2ccccc2o1. The summed E-state index contributed by atoms with van der Waals surface area (Å²) in [5.41, 5.74) is 0.923. The highest BCUT2D eigenvalue weighted by Gasteiger charge is 2.18. The van der Waals surface area contributed by atoms with Gasteiger partial charge in [0.1, 0.15) is 11.3 Å². The molecule has 0 aliphatic heterocycles. The lowest BCUT2D eigenvalue weighted by molar-refractivity contribution is -0.137. The minimum atomic E-state index is -0.715. The number of furan rings is 1. The maximum absolute atomic E-state index is 10.6. The molecule has 0 saturated heterocycles. The molecule has 0 aliphatic rings. The Morgan fingerprint density at radius 3 is 2.73 bits per heavy atom. The van der Waals surface area contributed by atoms with E-state index in [1.54, 1.807) is 0 Å². The van der Waals surface area contributed by atoms with Crippen LogP contribution < -0.4 is 0 Å². The van der Waals surface area contributed by atoms with Gasteiger partial charge in [-0.15, -0.1) is 0 Å². The predicted molar refractivity (Wildman–Crippen MR) is 88.0 cm³/mol. The molecular weight excluding hydrogens is 278 g/mol. The van der Waals surface area contributed by atoms with Gasteiger partial charge in [-0.3, -0.25) is 9.69 Å². The molecule has 0 spiro atoms. The maximum atomic E-state index is 10.6. The Kier molecular flexibility index (Phi) is 6.01. The second-order valence-electron chi connectivity index (χ2n) is 5.75. The van der Waals surface area contributed by atoms with E-state index in [2.05, 4.69) is 30.9 Å². The number of nitrogens with zero attached hydrogens (tertiary/aromatic N) is 1. The molecule has 120 valence electrons. The molecule has 22 heavy (non-hydrogen) atoms. The molecule has 0 fully saturated rings. The highest BCUT2D eigenvalue weighted by atomic mass is 16.4. The van der Waals surface area contributed by atoms with E-state index >= 15 is 0 Å². The fraction of sp³-hybridized carbons (Fsp3) is 0.500. The van der Waals surface area contributed by atoms with Crippen molar-refractivity contribution < 1.29 is 14.3 Å². The first-order chi connectivity index (χ1) is 10.6. The van der Waals surface area contributed by atoms with E-state index in [1.165, 1.54) is 0 Å². The van der Waals surface area contributed by atoms with Crippen molar-refractivity contribution in [3.05, 3.63) is 36.1 Å². The largest absolute Gasteiger partial charge is 0.481 e. The van der Waals surface area contributed by atoms with Gasteiger partial charge in [0.2, 0.25) is 0 Å². The lowest BCUT2D eigenvalue weighted by Crippen LogP contribution is -2.28. The molecule has 0 aliphatic carbocycles. The minimum absolute atomic E-state index is 0.206. The summed E-state index contributed by atoms with van der Waals surface area (Å²) in [5, 5.41) is 9.85. The molecule has 4 nitrogen and oxygen atoms in total. The van der Waals surface area contributed by atoms with E-state index in [0.29, 0.717) is 0 Å². The van der Waals surface area contributed by atoms with E-state index in [1.807, 2.05) is 18.2 Å². The number of hydrogen-bond acceptors (Lipinski definition) is 3. The number of rotatable bonds is 9. The van der Waals surface area contributed by atoms with Crippen molar-refractivity contribution >= 4 is 16.9 Å². The molecule has 2 rings (SSSR count). The van der Waals surface area contributed by atoms with Crippen molar-refractivity contribution in [2.24, 2.45) is 0 Å². The Morgan fingerprint density at radius 1 is 1.27 bits per heavy atom. The summed E-state index contributed by atoms with van der Waals surface area (Å²) in [7, 11) is 0. The van der Waals surface area contributed by atoms with Crippen molar-refractivity contribution in [2.45, 2.75) is 45.6 Å². The molecule has 0 bridgehead atoms. The Bertz CT molecular complexity index is 572. The van der Waals surface area contributed by atoms with Crippen molar-refractivity contribution in [1.82, 2.24) is 4.90 Å². The molecule has 0 radical (unpaired) electrons. The third-order valence-electron chi connectivity index (χ3n) is 4.00. The van der Waals surface area contributed by atoms with E-state index in [4.69, 9.17) is 9.52 Å². The summed E-state index contributed by atoms with van der Waals surface area (Å²) in [4.78, 5) is 13.0. The number of benzene rings is 1. The van der Waals surface area contributed by atoms with E-state index < -0.39 is 5.97 Å². The number of unbranched alkanes of at least 4 members (excludes halogenated alkanes) is 1. The molecule has 1 aromatic carbocycles. The van der Waals surface area contributed by atoms with Crippen LogP contribution in [-0.4, -0.2) is 29.1 Å². The molecule has 1 heterocycles. The Morgan fingerprint density at radius 2 is 2.05 bits per heavy atom. The second kappa shape index (κ2) is 7.99. The first-order valence-electron chi connectivity index (χ1n) is 8.06. The van der Waals surface area contributed by atoms with Gasteiger partial charge < -0.3 is 9.52 Å². The quantitative estimate of drug-likeness (QED) is 0.695. The van der Waals surface area contributed by atoms with Crippen LogP contribution in [-0.2, 0) is 4.79 Å². The van der Waals surface area contributed by atoms with Crippen LogP contribution in [0.4, 0.5) is 0 Å². The highest BCUT2D eigenvalue weighted by Crippen LogP contribution is 2.27. The Labute approximate surface area is 131 Å². The first-order valence-corrected chi connectivity index (χ1v) is 8.06. The van der Waals surface area contributed by atoms with Crippen LogP contribution >= 0.6 is 0 Å². The van der Waals surface area contributed by atoms with E-state index in [0.717, 1.165) is 49.1 Å². The normalized spacial score (nSPS) is 12.9. The van der Waals surface area contributed by atoms with Gasteiger partial charge in [0.15, 0.2) is 0 Å². The van der Waals surface area contributed by atoms with Crippen molar-refractivity contribution in [2.75, 3.05) is 13.1 Å². The number of carbonyl (C=O) groups is 1. The first kappa shape index (κ1) is 16.6. The van der Waals surface area contributed by atoms with Gasteiger partial charge >= 0.3 is 5.97 Å². The number of carboxylic acids is 1. The minimum Gasteiger partial charge on any atom is -0.481 e. The smallest absolute Gasteiger partial charge is 0.303 e. The number of hydrogen-bond donors (Lipinski definition) is 1. The number of carboxylic acid groups (broad SMARTS) is 1. The summed E-state index contributed by atoms with van der Waals surface area (Å²) in [6.45, 7) is 6.21. The third kappa shape index (κ3) is 4.34. The summed E-state index contributed by atoms with van der Waals surface area (Å²) < 4.78 is 5.97. The lowest BCUT2D eigenvalue weighted by atomic mass is 10.1. The van der Waals surface area contributed by atoms with Crippen molar-refractivity contribution in [3.8, 4) is 0 Å². The predicted octanol–water partition coefficient (Wildman–Crippen LogP) is 4.46. The van der Waals surface area contributed by atoms with Gasteiger partial charge in [-0.05, 0) is 51.4 Å². The van der Waals surface area contributed by atoms with Gasteiger partial charge in [-0.25, -0.2) is 0 Å². The standard InChI is InChI=1S/C18H25NO3/c1-3-11-19(12-7-6-10-18(20)21)14(2)17-13-15-8-4-5-9-16(15)22-17/h4-5,8-9,13-14H,3,6-7,10-12H2,1-2H3,(H,20,21). The topological polar surface area (TPSA) is 53.7 Å². The van der Waals surface area contributed by atoms with Crippen LogP contribution in [0.3, 0.4) is 0 Å². The fourth-order valence-electron chi connectivity index (χ4n) is 2.77. The van der Waals surface area contributed by atoms with E-state index in [-0.39, 0.29) is 12.5 Å². The molecule has 1 unspecified atom stereocenters. The summed E-state index contributed by atoms with van der Waals surface area (Å²) in [6.07, 6.45) is 2.95. The molecular formula is C18H25NO3. The number of para-hydroxylation sites is 1. The van der Waals surface area contributed by atoms with Gasteiger partial charge in [-0.1, -0.05) is 25.1 Å². The van der Waals surface area contributed by atoms with Crippen LogP contribution in [0, 0.1) is 0 Å². The van der Waals surface area contributed by atoms with Gasteiger partial charge in [0.05, 0.1) is 6.04 Å². The summed E-state index contributed by atoms with van der Waals surface area (Å²) in [5.74, 6) is 0.264. The van der Waals surface area contributed by atoms with Gasteiger partial charge in [-0.2, -0.15) is 0 Å². The van der Waals surface area contributed by atoms with Crippen LogP contribution in [0.2, 0.25) is 0 Å². The fourth-order valence-corrected chi connectivity index (χ4v) is 2.77. The second-order valence-corrected chi connectivity index (χ2v) is 5.75. The molecule has 0 saturated carbocycles. The van der Waals surface area contributed by atoms with Crippen molar-refractivity contribution in [1.29, 1.82) is 0 Å². The molecule has 1 atom stereocenters. The third-order valence-corrected chi connectivity index (χ3v) is 4.00. The maximum Gasteiger partial charge on any atom is 0.303 e. The zero-order valence-corrected chi connectivity index (χ0v) is 13.4. The number of fused-ring (bicyclic) bond motifs is 1. The zero-order chi connectivity index (χ0) is 15.9. The van der Waals surface area contributed by atoms with Crippen LogP contribution in [0.1, 0.15) is 51.3 Å². The molecule has 4 heteroatoms. The molecule has 0 amide bonds. The van der Waals surface area contributed by atoms with Crippen molar-refractivity contribution in [3.63, 3.8) is 0 Å². The monoisotopic (exact) mass is 303 g/mol. The Balaban J connectivity index is 2.01. The average Bonchev–Trinajstić information content (AvgIpc) is 2.93. The van der Waals surface area contributed by atoms with E-state index in [9.17, 15) is 4.79 Å². The summed E-state index contributed by atoms with van der Waals surface area (Å²) >= 11 is 0. The zero-order valence-electron chi connectivity index (χ0n) is 13.4. The molecule has 1 aromatic heterocycles. The van der Waals surface area contributed by atoms with Gasteiger partial charge in [0.25, 0.3) is 0 Å². The average molecular weight is 303 g/mol. The van der Waals surface area contributed by atoms with Crippen LogP contribution in [0.5, 0.6) is 0 Å². The highest BCUT2D eigenvalue weighted by molar-refractivity contribution is 5.77. The molecule has 2 aromatic rings. The number of aliphatic carboxylic acids is 1. The van der Waals surface area contributed by atoms with Crippen LogP contribution in [0.15, 0.2) is 34.7 Å². The molecule has 1 N–H and O–H groups in total. The van der Waals surface area contributed by atoms with Gasteiger partial charge in [0, 0.05) is 11.8 Å². The summed E-state index contributed by atoms with van der Waals surface area (Å²) in [6, 6.07) is 10.4. The van der Waals surface area contributed by atoms with Crippen LogP contribution in [0.25, 0.3) is 11.0 Å².